The van der Waals surface area contributed by atoms with Gasteiger partial charge in [-0.25, -0.2) is 0 Å². The van der Waals surface area contributed by atoms with Gasteiger partial charge >= 0.3 is 0 Å². The standard InChI is InChI=1S/C5H11FN2.C2H6/c6-8-4-1-2-7-3-5-8;1-2/h7H,1-5H2;1-2H3. The van der Waals surface area contributed by atoms with Crippen molar-refractivity contribution in [1.82, 2.24) is 10.4 Å². The third-order valence-electron chi connectivity index (χ3n) is 1.29. The van der Waals surface area contributed by atoms with Crippen LogP contribution in [0, 0.1) is 0 Å². The predicted molar refractivity (Wildman–Crippen MR) is 41.5 cm³/mol. The first-order valence-electron chi connectivity index (χ1n) is 4.01. The highest BCUT2D eigenvalue weighted by atomic mass is 19.2. The fourth-order valence-corrected chi connectivity index (χ4v) is 0.813. The van der Waals surface area contributed by atoms with Gasteiger partial charge in [0.2, 0.25) is 0 Å². The molecule has 2 nitrogen and oxygen atoms in total. The summed E-state index contributed by atoms with van der Waals surface area (Å²) in [6.45, 7) is 6.88. The Labute approximate surface area is 62.3 Å². The van der Waals surface area contributed by atoms with Crippen molar-refractivity contribution in [2.45, 2.75) is 20.3 Å². The Bertz CT molecular complexity index is 60.6. The van der Waals surface area contributed by atoms with Crippen molar-refractivity contribution in [3.8, 4) is 0 Å². The minimum atomic E-state index is 0.542. The van der Waals surface area contributed by atoms with Crippen molar-refractivity contribution in [3.05, 3.63) is 0 Å². The molecule has 0 aromatic rings. The highest BCUT2D eigenvalue weighted by Crippen LogP contribution is 1.93. The molecule has 0 saturated carbocycles. The summed E-state index contributed by atoms with van der Waals surface area (Å²) in [6.07, 6.45) is 0.927. The van der Waals surface area contributed by atoms with Gasteiger partial charge in [0, 0.05) is 19.6 Å². The van der Waals surface area contributed by atoms with E-state index < -0.39 is 0 Å². The summed E-state index contributed by atoms with van der Waals surface area (Å²) in [5.41, 5.74) is 0. The van der Waals surface area contributed by atoms with Gasteiger partial charge in [0.05, 0.1) is 0 Å². The van der Waals surface area contributed by atoms with Crippen molar-refractivity contribution in [3.63, 3.8) is 0 Å². The first kappa shape index (κ1) is 9.85. The normalized spacial score (nSPS) is 20.7. The number of nitrogens with zero attached hydrogens (tertiary/aromatic N) is 1. The molecular formula is C7H17FN2. The maximum absolute atomic E-state index is 12.2. The van der Waals surface area contributed by atoms with E-state index in [9.17, 15) is 4.48 Å². The van der Waals surface area contributed by atoms with Gasteiger partial charge in [-0.05, 0) is 13.0 Å². The van der Waals surface area contributed by atoms with E-state index in [0.717, 1.165) is 24.6 Å². The number of rotatable bonds is 0. The molecule has 1 fully saturated rings. The van der Waals surface area contributed by atoms with Gasteiger partial charge in [0.25, 0.3) is 0 Å². The summed E-state index contributed by atoms with van der Waals surface area (Å²) in [7, 11) is 0. The summed E-state index contributed by atoms with van der Waals surface area (Å²) in [6, 6.07) is 0. The summed E-state index contributed by atoms with van der Waals surface area (Å²) in [5.74, 6) is 0. The molecule has 0 spiro atoms. The fourth-order valence-electron chi connectivity index (χ4n) is 0.813. The van der Waals surface area contributed by atoms with Gasteiger partial charge < -0.3 is 5.32 Å². The van der Waals surface area contributed by atoms with Gasteiger partial charge in [-0.15, -0.1) is 9.60 Å². The fraction of sp³-hybridized carbons (Fsp3) is 1.00. The molecule has 1 N–H and O–H groups in total. The lowest BCUT2D eigenvalue weighted by Gasteiger charge is -2.03. The summed E-state index contributed by atoms with van der Waals surface area (Å²) < 4.78 is 12.2. The van der Waals surface area contributed by atoms with E-state index in [4.69, 9.17) is 0 Å². The molecule has 1 saturated heterocycles. The van der Waals surface area contributed by atoms with E-state index in [-0.39, 0.29) is 0 Å². The Kier molecular flexibility index (Phi) is 6.86. The van der Waals surface area contributed by atoms with Crippen LogP contribution in [0.1, 0.15) is 20.3 Å². The monoisotopic (exact) mass is 148 g/mol. The maximum Gasteiger partial charge on any atom is 0.0415 e. The third-order valence-corrected chi connectivity index (χ3v) is 1.29. The SMILES string of the molecule is CC.FN1CCCNCC1. The molecule has 0 bridgehead atoms. The molecule has 0 aliphatic carbocycles. The molecule has 10 heavy (non-hydrogen) atoms. The molecule has 0 aromatic heterocycles. The first-order valence-corrected chi connectivity index (χ1v) is 4.01. The van der Waals surface area contributed by atoms with Gasteiger partial charge in [-0.1, -0.05) is 13.8 Å². The lowest BCUT2D eigenvalue weighted by atomic mass is 10.4. The van der Waals surface area contributed by atoms with E-state index in [1.54, 1.807) is 0 Å². The van der Waals surface area contributed by atoms with Crippen LogP contribution < -0.4 is 5.32 Å². The van der Waals surface area contributed by atoms with Crippen molar-refractivity contribution >= 4 is 0 Å². The van der Waals surface area contributed by atoms with E-state index in [2.05, 4.69) is 5.32 Å². The highest BCUT2D eigenvalue weighted by molar-refractivity contribution is 4.57. The lowest BCUT2D eigenvalue weighted by Crippen LogP contribution is -2.20. The molecule has 3 heteroatoms. The minimum Gasteiger partial charge on any atom is -0.315 e. The van der Waals surface area contributed by atoms with Crippen LogP contribution >= 0.6 is 0 Å². The van der Waals surface area contributed by atoms with Crippen LogP contribution in [0.25, 0.3) is 0 Å². The van der Waals surface area contributed by atoms with E-state index in [0.29, 0.717) is 13.1 Å². The molecule has 0 aromatic carbocycles. The number of hydrogen-bond acceptors (Lipinski definition) is 2. The molecule has 0 atom stereocenters. The summed E-state index contributed by atoms with van der Waals surface area (Å²) in [5, 5.41) is 3.96. The Morgan fingerprint density at radius 1 is 1.20 bits per heavy atom. The highest BCUT2D eigenvalue weighted by Gasteiger charge is 2.04. The number of hydrogen-bond donors (Lipinski definition) is 1. The second-order valence-corrected chi connectivity index (χ2v) is 2.01. The van der Waals surface area contributed by atoms with Crippen LogP contribution in [0.3, 0.4) is 0 Å². The molecule has 0 radical (unpaired) electrons. The third kappa shape index (κ3) is 4.70. The first-order chi connectivity index (χ1) is 4.89. The Balaban J connectivity index is 0.000000371. The zero-order valence-corrected chi connectivity index (χ0v) is 6.86. The van der Waals surface area contributed by atoms with Crippen LogP contribution in [-0.2, 0) is 0 Å². The minimum absolute atomic E-state index is 0.542. The van der Waals surface area contributed by atoms with Crippen LogP contribution in [0.2, 0.25) is 0 Å². The van der Waals surface area contributed by atoms with Gasteiger partial charge in [0.15, 0.2) is 0 Å². The lowest BCUT2D eigenvalue weighted by molar-refractivity contribution is 0.0339. The second-order valence-electron chi connectivity index (χ2n) is 2.01. The summed E-state index contributed by atoms with van der Waals surface area (Å²) >= 11 is 0. The average Bonchev–Trinajstić information content (AvgIpc) is 2.21. The molecular weight excluding hydrogens is 131 g/mol. The van der Waals surface area contributed by atoms with Crippen molar-refractivity contribution in [2.24, 2.45) is 0 Å². The quantitative estimate of drug-likeness (QED) is 0.519. The molecule has 1 aliphatic rings. The van der Waals surface area contributed by atoms with Crippen LogP contribution in [-0.4, -0.2) is 31.3 Å². The molecule has 0 amide bonds. The van der Waals surface area contributed by atoms with Crippen molar-refractivity contribution in [1.29, 1.82) is 0 Å². The smallest absolute Gasteiger partial charge is 0.0415 e. The molecule has 1 heterocycles. The Hall–Kier alpha value is -0.150. The van der Waals surface area contributed by atoms with Crippen molar-refractivity contribution < 1.29 is 4.48 Å². The van der Waals surface area contributed by atoms with Gasteiger partial charge in [0.1, 0.15) is 0 Å². The van der Waals surface area contributed by atoms with E-state index >= 15 is 0 Å². The number of nitrogens with one attached hydrogen (secondary N) is 1. The largest absolute Gasteiger partial charge is 0.315 e. The van der Waals surface area contributed by atoms with Crippen LogP contribution in [0.15, 0.2) is 0 Å². The zero-order valence-electron chi connectivity index (χ0n) is 6.86. The molecule has 1 aliphatic heterocycles. The van der Waals surface area contributed by atoms with E-state index in [1.165, 1.54) is 0 Å². The second kappa shape index (κ2) is 6.96. The van der Waals surface area contributed by atoms with Crippen LogP contribution in [0.4, 0.5) is 4.48 Å². The van der Waals surface area contributed by atoms with Gasteiger partial charge in [-0.3, -0.25) is 0 Å². The van der Waals surface area contributed by atoms with Gasteiger partial charge in [-0.2, -0.15) is 0 Å². The topological polar surface area (TPSA) is 15.3 Å². The molecule has 1 rings (SSSR count). The zero-order chi connectivity index (χ0) is 7.82. The average molecular weight is 148 g/mol. The Morgan fingerprint density at radius 3 is 2.60 bits per heavy atom. The van der Waals surface area contributed by atoms with Crippen LogP contribution in [0.5, 0.6) is 0 Å². The Morgan fingerprint density at radius 2 is 1.90 bits per heavy atom. The summed E-state index contributed by atoms with van der Waals surface area (Å²) in [4.78, 5) is 0. The predicted octanol–water partition coefficient (Wildman–Crippen LogP) is 1.19. The maximum atomic E-state index is 12.2. The molecule has 0 unspecified atom stereocenters. The van der Waals surface area contributed by atoms with E-state index in [1.807, 2.05) is 13.8 Å². The number of halogens is 1. The van der Waals surface area contributed by atoms with Crippen molar-refractivity contribution in [2.75, 3.05) is 26.2 Å². The molecule has 62 valence electrons.